The van der Waals surface area contributed by atoms with E-state index in [9.17, 15) is 8.42 Å². The minimum Gasteiger partial charge on any atom is -0.300 e. The molecule has 7 heteroatoms. The highest BCUT2D eigenvalue weighted by Gasteiger charge is 2.32. The monoisotopic (exact) mass is 309 g/mol. The van der Waals surface area contributed by atoms with E-state index in [2.05, 4.69) is 4.90 Å². The maximum absolute atomic E-state index is 12.3. The van der Waals surface area contributed by atoms with Gasteiger partial charge in [0.15, 0.2) is 0 Å². The standard InChI is InChI=1S/C12H24ClN3O2S/c1-14(6-2-5-13)19(17,18)16-9-7-15(8-10-16)11-12-3-4-12/h12H,2-11H2,1H3. The smallest absolute Gasteiger partial charge is 0.281 e. The first kappa shape index (κ1) is 15.5. The number of rotatable bonds is 7. The Labute approximate surface area is 121 Å². The summed E-state index contributed by atoms with van der Waals surface area (Å²) in [4.78, 5) is 2.39. The molecule has 5 nitrogen and oxygen atoms in total. The van der Waals surface area contributed by atoms with Crippen LogP contribution in [0.3, 0.4) is 0 Å². The summed E-state index contributed by atoms with van der Waals surface area (Å²) in [5, 5.41) is 0. The second-order valence-electron chi connectivity index (χ2n) is 5.51. The van der Waals surface area contributed by atoms with Gasteiger partial charge < -0.3 is 4.90 Å². The Kier molecular flexibility index (Phi) is 5.48. The molecule has 2 fully saturated rings. The molecule has 0 amide bonds. The summed E-state index contributed by atoms with van der Waals surface area (Å²) in [6, 6.07) is 0. The van der Waals surface area contributed by atoms with Crippen molar-refractivity contribution in [1.29, 1.82) is 0 Å². The van der Waals surface area contributed by atoms with Crippen molar-refractivity contribution in [2.75, 3.05) is 52.2 Å². The molecule has 1 aliphatic heterocycles. The normalized spacial score (nSPS) is 23.1. The van der Waals surface area contributed by atoms with Crippen LogP contribution in [0.25, 0.3) is 0 Å². The number of hydrogen-bond donors (Lipinski definition) is 0. The summed E-state index contributed by atoms with van der Waals surface area (Å²) in [5.74, 6) is 1.37. The van der Waals surface area contributed by atoms with E-state index >= 15 is 0 Å². The summed E-state index contributed by atoms with van der Waals surface area (Å²) in [6.07, 6.45) is 3.39. The molecule has 0 atom stereocenters. The van der Waals surface area contributed by atoms with Crippen LogP contribution in [0.4, 0.5) is 0 Å². The number of nitrogens with zero attached hydrogens (tertiary/aromatic N) is 3. The van der Waals surface area contributed by atoms with Gasteiger partial charge in [0.2, 0.25) is 0 Å². The molecule has 1 aliphatic carbocycles. The van der Waals surface area contributed by atoms with Crippen LogP contribution in [-0.4, -0.2) is 74.1 Å². The Morgan fingerprint density at radius 2 is 1.84 bits per heavy atom. The van der Waals surface area contributed by atoms with Crippen LogP contribution >= 0.6 is 11.6 Å². The van der Waals surface area contributed by atoms with E-state index in [1.807, 2.05) is 0 Å². The van der Waals surface area contributed by atoms with E-state index in [-0.39, 0.29) is 0 Å². The zero-order valence-corrected chi connectivity index (χ0v) is 13.2. The van der Waals surface area contributed by atoms with Crippen molar-refractivity contribution < 1.29 is 8.42 Å². The maximum atomic E-state index is 12.3. The second-order valence-corrected chi connectivity index (χ2v) is 7.93. The summed E-state index contributed by atoms with van der Waals surface area (Å²) in [5.41, 5.74) is 0. The fraction of sp³-hybridized carbons (Fsp3) is 1.00. The highest BCUT2D eigenvalue weighted by molar-refractivity contribution is 7.86. The van der Waals surface area contributed by atoms with E-state index in [0.717, 1.165) is 25.6 Å². The molecule has 1 heterocycles. The lowest BCUT2D eigenvalue weighted by Gasteiger charge is -2.35. The van der Waals surface area contributed by atoms with Crippen molar-refractivity contribution in [1.82, 2.24) is 13.5 Å². The lowest BCUT2D eigenvalue weighted by atomic mass is 10.3. The first-order valence-corrected chi connectivity index (χ1v) is 8.97. The average Bonchev–Trinajstić information content (AvgIpc) is 3.20. The molecule has 2 rings (SSSR count). The zero-order chi connectivity index (χ0) is 13.9. The molecule has 0 aromatic rings. The van der Waals surface area contributed by atoms with Crippen molar-refractivity contribution in [2.45, 2.75) is 19.3 Å². The highest BCUT2D eigenvalue weighted by Crippen LogP contribution is 2.30. The van der Waals surface area contributed by atoms with E-state index in [1.165, 1.54) is 17.1 Å². The van der Waals surface area contributed by atoms with Gasteiger partial charge in [0.05, 0.1) is 0 Å². The van der Waals surface area contributed by atoms with Crippen molar-refractivity contribution in [2.24, 2.45) is 5.92 Å². The van der Waals surface area contributed by atoms with E-state index in [1.54, 1.807) is 11.4 Å². The van der Waals surface area contributed by atoms with Crippen LogP contribution in [-0.2, 0) is 10.2 Å². The fourth-order valence-corrected chi connectivity index (χ4v) is 3.90. The molecule has 112 valence electrons. The fourth-order valence-electron chi connectivity index (χ4n) is 2.40. The lowest BCUT2D eigenvalue weighted by Crippen LogP contribution is -2.52. The van der Waals surface area contributed by atoms with Crippen LogP contribution in [0.1, 0.15) is 19.3 Å². The van der Waals surface area contributed by atoms with Gasteiger partial charge in [-0.25, -0.2) is 0 Å². The van der Waals surface area contributed by atoms with Gasteiger partial charge in [-0.1, -0.05) is 0 Å². The SMILES string of the molecule is CN(CCCCl)S(=O)(=O)N1CCN(CC2CC2)CC1. The zero-order valence-electron chi connectivity index (χ0n) is 11.6. The Morgan fingerprint density at radius 3 is 2.37 bits per heavy atom. The van der Waals surface area contributed by atoms with Gasteiger partial charge in [-0.2, -0.15) is 17.0 Å². The molecule has 0 spiro atoms. The summed E-state index contributed by atoms with van der Waals surface area (Å²) < 4.78 is 27.7. The molecule has 19 heavy (non-hydrogen) atoms. The first-order valence-electron chi connectivity index (χ1n) is 7.04. The summed E-state index contributed by atoms with van der Waals surface area (Å²) >= 11 is 5.61. The Bertz CT molecular complexity index is 378. The first-order chi connectivity index (χ1) is 9.04. The summed E-state index contributed by atoms with van der Waals surface area (Å²) in [6.45, 7) is 4.59. The minimum atomic E-state index is -3.29. The molecule has 0 N–H and O–H groups in total. The van der Waals surface area contributed by atoms with E-state index < -0.39 is 10.2 Å². The van der Waals surface area contributed by atoms with Crippen LogP contribution in [0, 0.1) is 5.92 Å². The number of halogens is 1. The quantitative estimate of drug-likeness (QED) is 0.654. The molecule has 0 unspecified atom stereocenters. The minimum absolute atomic E-state index is 0.494. The summed E-state index contributed by atoms with van der Waals surface area (Å²) in [7, 11) is -1.65. The van der Waals surface area contributed by atoms with Gasteiger partial charge in [-0.15, -0.1) is 11.6 Å². The van der Waals surface area contributed by atoms with Gasteiger partial charge >= 0.3 is 0 Å². The largest absolute Gasteiger partial charge is 0.300 e. The number of alkyl halides is 1. The number of hydrogen-bond acceptors (Lipinski definition) is 3. The Balaban J connectivity index is 1.81. The van der Waals surface area contributed by atoms with Gasteiger partial charge in [0.1, 0.15) is 0 Å². The predicted molar refractivity (Wildman–Crippen MR) is 77.6 cm³/mol. The Hall–Kier alpha value is 0.120. The van der Waals surface area contributed by atoms with Crippen LogP contribution in [0.5, 0.6) is 0 Å². The highest BCUT2D eigenvalue weighted by atomic mass is 35.5. The average molecular weight is 310 g/mol. The molecular weight excluding hydrogens is 286 g/mol. The van der Waals surface area contributed by atoms with Crippen molar-refractivity contribution >= 4 is 21.8 Å². The van der Waals surface area contributed by atoms with E-state index in [0.29, 0.717) is 31.9 Å². The lowest BCUT2D eigenvalue weighted by molar-refractivity contribution is 0.177. The van der Waals surface area contributed by atoms with Crippen molar-refractivity contribution in [3.8, 4) is 0 Å². The topological polar surface area (TPSA) is 43.9 Å². The molecule has 0 aromatic carbocycles. The van der Waals surface area contributed by atoms with E-state index in [4.69, 9.17) is 11.6 Å². The molecule has 0 aromatic heterocycles. The van der Waals surface area contributed by atoms with Crippen LogP contribution in [0.2, 0.25) is 0 Å². The van der Waals surface area contributed by atoms with Gasteiger partial charge in [-0.3, -0.25) is 0 Å². The number of piperazine rings is 1. The predicted octanol–water partition coefficient (Wildman–Crippen LogP) is 0.819. The maximum Gasteiger partial charge on any atom is 0.281 e. The van der Waals surface area contributed by atoms with Crippen LogP contribution in [0.15, 0.2) is 0 Å². The third-order valence-electron chi connectivity index (χ3n) is 3.87. The Morgan fingerprint density at radius 1 is 1.21 bits per heavy atom. The molecule has 1 saturated heterocycles. The van der Waals surface area contributed by atoms with Crippen molar-refractivity contribution in [3.05, 3.63) is 0 Å². The molecule has 1 saturated carbocycles. The molecule has 2 aliphatic rings. The molecule has 0 radical (unpaired) electrons. The van der Waals surface area contributed by atoms with Gasteiger partial charge in [0.25, 0.3) is 10.2 Å². The second kappa shape index (κ2) is 6.72. The molecule has 0 bridgehead atoms. The van der Waals surface area contributed by atoms with Crippen LogP contribution < -0.4 is 0 Å². The van der Waals surface area contributed by atoms with Gasteiger partial charge in [0, 0.05) is 52.2 Å². The third-order valence-corrected chi connectivity index (χ3v) is 6.13. The third kappa shape index (κ3) is 4.29. The van der Waals surface area contributed by atoms with Gasteiger partial charge in [-0.05, 0) is 25.2 Å². The molecular formula is C12H24ClN3O2S. The van der Waals surface area contributed by atoms with Crippen molar-refractivity contribution in [3.63, 3.8) is 0 Å².